The Morgan fingerprint density at radius 3 is 2.55 bits per heavy atom. The van der Waals surface area contributed by atoms with Gasteiger partial charge in [-0.05, 0) is 58.9 Å². The van der Waals surface area contributed by atoms with E-state index in [1.54, 1.807) is 12.4 Å². The van der Waals surface area contributed by atoms with Crippen molar-refractivity contribution in [3.8, 4) is 0 Å². The van der Waals surface area contributed by atoms with Crippen molar-refractivity contribution in [1.82, 2.24) is 10.3 Å². The summed E-state index contributed by atoms with van der Waals surface area (Å²) >= 11 is 0. The van der Waals surface area contributed by atoms with Crippen LogP contribution in [0, 0.1) is 0 Å². The van der Waals surface area contributed by atoms with Crippen LogP contribution in [0.15, 0.2) is 60.9 Å². The number of carbonyl (C=O) groups is 1. The molecule has 5 nitrogen and oxygen atoms in total. The average molecular weight is 389 g/mol. The predicted octanol–water partition coefficient (Wildman–Crippen LogP) is 4.01. The van der Waals surface area contributed by atoms with Gasteiger partial charge in [0.25, 0.3) is 5.91 Å². The number of carbonyl (C=O) groups excluding carboxylic acids is 1. The summed E-state index contributed by atoms with van der Waals surface area (Å²) < 4.78 is 0. The molecule has 0 fully saturated rings. The molecule has 0 atom stereocenters. The number of hydrogen-bond acceptors (Lipinski definition) is 4. The molecule has 0 radical (unpaired) electrons. The van der Waals surface area contributed by atoms with E-state index in [4.69, 9.17) is 5.84 Å². The van der Waals surface area contributed by atoms with E-state index >= 15 is 0 Å². The number of benzene rings is 2. The Balaban J connectivity index is 0.00000117. The SMILES string of the molecule is CC.NNc1cccc2c1Cc1cccc(C(=O)NCc3cccnc3)c1CC2. The van der Waals surface area contributed by atoms with E-state index in [9.17, 15) is 4.79 Å². The molecule has 1 aromatic heterocycles. The van der Waals surface area contributed by atoms with Crippen molar-refractivity contribution < 1.29 is 4.79 Å². The lowest BCUT2D eigenvalue weighted by atomic mass is 9.95. The Kier molecular flexibility index (Phi) is 6.98. The molecule has 1 heterocycles. The second-order valence-corrected chi connectivity index (χ2v) is 6.75. The lowest BCUT2D eigenvalue weighted by Crippen LogP contribution is -2.24. The van der Waals surface area contributed by atoms with Crippen LogP contribution in [0.1, 0.15) is 52.0 Å². The number of hydrazine groups is 1. The molecule has 1 aliphatic rings. The highest BCUT2D eigenvalue weighted by Gasteiger charge is 2.20. The standard InChI is InChI=1S/C22H22N4O.C2H6/c23-26-21-8-2-5-16-9-10-18-17(12-20(16)21)6-1-7-19(18)22(27)25-14-15-4-3-11-24-13-15;1-2/h1-8,11,13,26H,9-10,12,14,23H2,(H,25,27);1-2H3. The van der Waals surface area contributed by atoms with Crippen molar-refractivity contribution >= 4 is 11.6 Å². The minimum Gasteiger partial charge on any atom is -0.348 e. The predicted molar refractivity (Wildman–Crippen MR) is 118 cm³/mol. The first-order valence-corrected chi connectivity index (χ1v) is 10.1. The maximum Gasteiger partial charge on any atom is 0.251 e. The van der Waals surface area contributed by atoms with Gasteiger partial charge in [0, 0.05) is 30.9 Å². The Morgan fingerprint density at radius 2 is 1.79 bits per heavy atom. The molecule has 0 aliphatic heterocycles. The molecule has 2 aromatic carbocycles. The maximum atomic E-state index is 12.8. The smallest absolute Gasteiger partial charge is 0.251 e. The highest BCUT2D eigenvalue weighted by molar-refractivity contribution is 5.96. The Hall–Kier alpha value is -3.18. The first kappa shape index (κ1) is 20.6. The number of nitrogens with one attached hydrogen (secondary N) is 2. The number of anilines is 1. The summed E-state index contributed by atoms with van der Waals surface area (Å²) in [6.45, 7) is 4.47. The lowest BCUT2D eigenvalue weighted by Gasteiger charge is -2.13. The summed E-state index contributed by atoms with van der Waals surface area (Å²) in [5, 5.41) is 3.02. The molecule has 0 bridgehead atoms. The summed E-state index contributed by atoms with van der Waals surface area (Å²) in [6.07, 6.45) is 6.00. The third-order valence-electron chi connectivity index (χ3n) is 5.13. The molecule has 1 aliphatic carbocycles. The number of nitrogen functional groups attached to an aromatic ring is 1. The molecular formula is C24H28N4O. The average Bonchev–Trinajstić information content (AvgIpc) is 2.98. The Bertz CT molecular complexity index is 970. The molecule has 0 saturated carbocycles. The van der Waals surface area contributed by atoms with Crippen LogP contribution in [-0.2, 0) is 25.8 Å². The van der Waals surface area contributed by atoms with Crippen LogP contribution < -0.4 is 16.6 Å². The van der Waals surface area contributed by atoms with E-state index in [1.807, 2.05) is 50.2 Å². The second-order valence-electron chi connectivity index (χ2n) is 6.75. The molecule has 0 spiro atoms. The molecule has 0 saturated heterocycles. The van der Waals surface area contributed by atoms with Crippen molar-refractivity contribution in [2.75, 3.05) is 5.43 Å². The van der Waals surface area contributed by atoms with Gasteiger partial charge in [-0.2, -0.15) is 0 Å². The van der Waals surface area contributed by atoms with E-state index < -0.39 is 0 Å². The number of pyridine rings is 1. The van der Waals surface area contributed by atoms with E-state index in [-0.39, 0.29) is 5.91 Å². The molecule has 5 heteroatoms. The van der Waals surface area contributed by atoms with Gasteiger partial charge in [-0.25, -0.2) is 0 Å². The van der Waals surface area contributed by atoms with Gasteiger partial charge in [0.15, 0.2) is 0 Å². The number of nitrogens with zero attached hydrogens (tertiary/aromatic N) is 1. The van der Waals surface area contributed by atoms with Crippen LogP contribution in [0.5, 0.6) is 0 Å². The van der Waals surface area contributed by atoms with Crippen molar-refractivity contribution in [2.45, 2.75) is 39.7 Å². The molecule has 0 unspecified atom stereocenters. The summed E-state index contributed by atoms with van der Waals surface area (Å²) in [5.74, 6) is 5.66. The normalized spacial score (nSPS) is 11.8. The summed E-state index contributed by atoms with van der Waals surface area (Å²) in [5.41, 5.74) is 10.3. The Morgan fingerprint density at radius 1 is 1.00 bits per heavy atom. The number of fused-ring (bicyclic) bond motifs is 2. The topological polar surface area (TPSA) is 80.0 Å². The fraction of sp³-hybridized carbons (Fsp3) is 0.250. The molecule has 4 rings (SSSR count). The lowest BCUT2D eigenvalue weighted by molar-refractivity contribution is 0.0950. The third-order valence-corrected chi connectivity index (χ3v) is 5.13. The van der Waals surface area contributed by atoms with Gasteiger partial charge in [0.2, 0.25) is 0 Å². The van der Waals surface area contributed by atoms with Crippen molar-refractivity contribution in [2.24, 2.45) is 5.84 Å². The van der Waals surface area contributed by atoms with Gasteiger partial charge in [0.05, 0.1) is 5.69 Å². The number of hydrogen-bond donors (Lipinski definition) is 3. The largest absolute Gasteiger partial charge is 0.348 e. The van der Waals surface area contributed by atoms with Crippen molar-refractivity contribution in [3.63, 3.8) is 0 Å². The first-order chi connectivity index (χ1) is 14.3. The van der Waals surface area contributed by atoms with Gasteiger partial charge in [-0.3, -0.25) is 15.6 Å². The van der Waals surface area contributed by atoms with Gasteiger partial charge in [-0.15, -0.1) is 0 Å². The van der Waals surface area contributed by atoms with E-state index in [1.165, 1.54) is 16.7 Å². The van der Waals surface area contributed by atoms with E-state index in [2.05, 4.69) is 27.9 Å². The molecule has 3 aromatic rings. The van der Waals surface area contributed by atoms with Gasteiger partial charge in [0.1, 0.15) is 0 Å². The molecule has 1 amide bonds. The fourth-order valence-electron chi connectivity index (χ4n) is 3.75. The Labute approximate surface area is 172 Å². The number of aryl methyl sites for hydroxylation is 1. The van der Waals surface area contributed by atoms with Gasteiger partial charge >= 0.3 is 0 Å². The number of rotatable bonds is 4. The monoisotopic (exact) mass is 388 g/mol. The highest BCUT2D eigenvalue weighted by atomic mass is 16.1. The van der Waals surface area contributed by atoms with Crippen LogP contribution >= 0.6 is 0 Å². The summed E-state index contributed by atoms with van der Waals surface area (Å²) in [7, 11) is 0. The maximum absolute atomic E-state index is 12.8. The quantitative estimate of drug-likeness (QED) is 0.466. The molecule has 150 valence electrons. The number of nitrogens with two attached hydrogens (primary N) is 1. The van der Waals surface area contributed by atoms with Crippen LogP contribution in [0.4, 0.5) is 5.69 Å². The third kappa shape index (κ3) is 4.63. The minimum atomic E-state index is -0.0427. The zero-order chi connectivity index (χ0) is 20.6. The van der Waals surface area contributed by atoms with Crippen LogP contribution in [-0.4, -0.2) is 10.9 Å². The summed E-state index contributed by atoms with van der Waals surface area (Å²) in [6, 6.07) is 16.0. The number of amides is 1. The molecular weight excluding hydrogens is 360 g/mol. The number of aromatic nitrogens is 1. The highest BCUT2D eigenvalue weighted by Crippen LogP contribution is 2.30. The zero-order valence-electron chi connectivity index (χ0n) is 17.0. The second kappa shape index (κ2) is 9.85. The zero-order valence-corrected chi connectivity index (χ0v) is 17.0. The molecule has 29 heavy (non-hydrogen) atoms. The van der Waals surface area contributed by atoms with Gasteiger partial charge < -0.3 is 10.7 Å². The molecule has 4 N–H and O–H groups in total. The van der Waals surface area contributed by atoms with E-state index in [0.717, 1.165) is 41.6 Å². The van der Waals surface area contributed by atoms with Crippen LogP contribution in [0.25, 0.3) is 0 Å². The van der Waals surface area contributed by atoms with E-state index in [0.29, 0.717) is 6.54 Å². The van der Waals surface area contributed by atoms with Gasteiger partial charge in [-0.1, -0.05) is 44.2 Å². The fourth-order valence-corrected chi connectivity index (χ4v) is 3.75. The van der Waals surface area contributed by atoms with Crippen molar-refractivity contribution in [1.29, 1.82) is 0 Å². The van der Waals surface area contributed by atoms with Crippen LogP contribution in [0.3, 0.4) is 0 Å². The summed E-state index contributed by atoms with van der Waals surface area (Å²) in [4.78, 5) is 16.9. The van der Waals surface area contributed by atoms with Crippen molar-refractivity contribution in [3.05, 3.63) is 94.3 Å². The first-order valence-electron chi connectivity index (χ1n) is 10.1. The minimum absolute atomic E-state index is 0.0427. The van der Waals surface area contributed by atoms with Crippen LogP contribution in [0.2, 0.25) is 0 Å².